The molecule has 2 N–H and O–H groups in total. The highest BCUT2D eigenvalue weighted by Gasteiger charge is 2.22. The Labute approximate surface area is 184 Å². The van der Waals surface area contributed by atoms with Gasteiger partial charge < -0.3 is 14.8 Å². The number of rotatable bonds is 5. The van der Waals surface area contributed by atoms with E-state index >= 15 is 0 Å². The van der Waals surface area contributed by atoms with Crippen molar-refractivity contribution in [3.8, 4) is 0 Å². The van der Waals surface area contributed by atoms with Crippen LogP contribution in [0.15, 0.2) is 36.4 Å². The molecule has 0 unspecified atom stereocenters. The number of carbonyl (C=O) groups excluding carboxylic acids is 1. The van der Waals surface area contributed by atoms with Gasteiger partial charge in [0, 0.05) is 25.1 Å². The van der Waals surface area contributed by atoms with Crippen LogP contribution in [0.25, 0.3) is 22.6 Å². The Bertz CT molecular complexity index is 1100. The molecule has 5 nitrogen and oxygen atoms in total. The number of aromatic nitrogens is 1. The first-order valence-corrected chi connectivity index (χ1v) is 10.0. The van der Waals surface area contributed by atoms with Gasteiger partial charge in [-0.1, -0.05) is 35.3 Å². The van der Waals surface area contributed by atoms with Crippen LogP contribution in [0.5, 0.6) is 0 Å². The lowest BCUT2D eigenvalue weighted by Gasteiger charge is -2.06. The number of benzene rings is 2. The summed E-state index contributed by atoms with van der Waals surface area (Å²) in [6.07, 6.45) is 1.43. The number of nitrogens with one attached hydrogen (secondary N) is 1. The first kappa shape index (κ1) is 20.7. The summed E-state index contributed by atoms with van der Waals surface area (Å²) in [4.78, 5) is 27.4. The van der Waals surface area contributed by atoms with Gasteiger partial charge in [-0.2, -0.15) is 0 Å². The van der Waals surface area contributed by atoms with Gasteiger partial charge in [-0.3, -0.25) is 0 Å². The molecule has 3 rings (SSSR count). The highest BCUT2D eigenvalue weighted by Crippen LogP contribution is 2.35. The molecule has 1 heterocycles. The Morgan fingerprint density at radius 3 is 2.50 bits per heavy atom. The maximum Gasteiger partial charge on any atom is 0.355 e. The molecule has 144 valence electrons. The van der Waals surface area contributed by atoms with Gasteiger partial charge in [-0.25, -0.2) is 9.59 Å². The van der Waals surface area contributed by atoms with E-state index in [1.54, 1.807) is 37.3 Å². The number of carboxylic acid groups (broad SMARTS) is 1. The summed E-state index contributed by atoms with van der Waals surface area (Å²) in [6, 6.07) is 10.2. The molecule has 0 bridgehead atoms. The molecule has 8 heteroatoms. The van der Waals surface area contributed by atoms with Crippen LogP contribution >= 0.6 is 45.8 Å². The van der Waals surface area contributed by atoms with E-state index in [9.17, 15) is 14.7 Å². The molecule has 0 aliphatic carbocycles. The minimum atomic E-state index is -1.13. The van der Waals surface area contributed by atoms with E-state index in [0.29, 0.717) is 32.1 Å². The molecule has 0 saturated heterocycles. The quantitative estimate of drug-likeness (QED) is 0.246. The average Bonchev–Trinajstić information content (AvgIpc) is 2.99. The summed E-state index contributed by atoms with van der Waals surface area (Å²) >= 11 is 14.6. The Balaban J connectivity index is 2.30. The van der Waals surface area contributed by atoms with Crippen LogP contribution in [-0.4, -0.2) is 28.6 Å². The van der Waals surface area contributed by atoms with Crippen molar-refractivity contribution in [1.29, 1.82) is 0 Å². The second-order valence-corrected chi connectivity index (χ2v) is 7.90. The summed E-state index contributed by atoms with van der Waals surface area (Å²) in [5, 5.41) is 10.9. The van der Waals surface area contributed by atoms with E-state index in [1.165, 1.54) is 12.1 Å². The molecule has 0 aliphatic rings. The number of halogens is 3. The lowest BCUT2D eigenvalue weighted by atomic mass is 10.0. The molecule has 0 aliphatic heterocycles. The third-order valence-electron chi connectivity index (χ3n) is 4.01. The van der Waals surface area contributed by atoms with Crippen LogP contribution in [-0.2, 0) is 9.53 Å². The van der Waals surface area contributed by atoms with E-state index < -0.39 is 11.9 Å². The number of aliphatic carboxylic acids is 1. The van der Waals surface area contributed by atoms with Crippen molar-refractivity contribution < 1.29 is 19.4 Å². The molecule has 1 aromatic heterocycles. The highest BCUT2D eigenvalue weighted by molar-refractivity contribution is 14.1. The zero-order chi connectivity index (χ0) is 20.4. The van der Waals surface area contributed by atoms with E-state index in [4.69, 9.17) is 27.9 Å². The fourth-order valence-corrected chi connectivity index (χ4v) is 3.78. The Kier molecular flexibility index (Phi) is 6.32. The van der Waals surface area contributed by atoms with Crippen LogP contribution in [0.3, 0.4) is 0 Å². The fraction of sp³-hybridized carbons (Fsp3) is 0.100. The number of carbonyl (C=O) groups is 2. The van der Waals surface area contributed by atoms with Gasteiger partial charge in [0.05, 0.1) is 17.2 Å². The van der Waals surface area contributed by atoms with Gasteiger partial charge >= 0.3 is 11.9 Å². The molecule has 28 heavy (non-hydrogen) atoms. The van der Waals surface area contributed by atoms with Crippen molar-refractivity contribution in [2.24, 2.45) is 0 Å². The summed E-state index contributed by atoms with van der Waals surface area (Å²) in [6.45, 7) is 1.86. The van der Waals surface area contributed by atoms with Gasteiger partial charge in [-0.05, 0) is 65.4 Å². The monoisotopic (exact) mass is 529 g/mol. The normalized spacial score (nSPS) is 11.6. The maximum absolute atomic E-state index is 12.5. The second kappa shape index (κ2) is 8.55. The van der Waals surface area contributed by atoms with Gasteiger partial charge in [0.25, 0.3) is 0 Å². The third kappa shape index (κ3) is 4.19. The molecule has 0 saturated carbocycles. The first-order chi connectivity index (χ1) is 13.3. The molecular formula is C20H14Cl2INO4. The third-order valence-corrected chi connectivity index (χ3v) is 5.24. The number of hydrogen-bond donors (Lipinski definition) is 2. The fourth-order valence-electron chi connectivity index (χ4n) is 2.82. The van der Waals surface area contributed by atoms with Crippen LogP contribution < -0.4 is 0 Å². The molecule has 2 aromatic carbocycles. The Morgan fingerprint density at radius 1 is 1.21 bits per heavy atom. The summed E-state index contributed by atoms with van der Waals surface area (Å²) < 4.78 is 6.08. The molecule has 0 spiro atoms. The maximum atomic E-state index is 12.5. The van der Waals surface area contributed by atoms with Gasteiger partial charge in [0.2, 0.25) is 0 Å². The van der Waals surface area contributed by atoms with Crippen LogP contribution in [0.1, 0.15) is 28.5 Å². The smallest absolute Gasteiger partial charge is 0.355 e. The standard InChI is InChI=1S/C20H14Cl2INO4/c1-2-28-20(27)18-14(17-15(22)7-11(21)8-16(17)24-18)9-13(19(25)26)10-3-5-12(23)6-4-10/h3-9,24H,2H2,1H3,(H,25,26). The molecule has 0 atom stereocenters. The van der Waals surface area contributed by atoms with Crippen molar-refractivity contribution in [2.45, 2.75) is 6.92 Å². The zero-order valence-corrected chi connectivity index (χ0v) is 18.2. The van der Waals surface area contributed by atoms with Crippen molar-refractivity contribution >= 4 is 80.3 Å². The summed E-state index contributed by atoms with van der Waals surface area (Å²) in [7, 11) is 0. The van der Waals surface area contributed by atoms with Crippen LogP contribution in [0, 0.1) is 3.57 Å². The average molecular weight is 530 g/mol. The molecule has 0 fully saturated rings. The van der Waals surface area contributed by atoms with Gasteiger partial charge in [0.15, 0.2) is 0 Å². The van der Waals surface area contributed by atoms with Crippen molar-refractivity contribution in [3.63, 3.8) is 0 Å². The number of H-pyrrole nitrogens is 1. The number of aromatic amines is 1. The van der Waals surface area contributed by atoms with E-state index in [-0.39, 0.29) is 17.9 Å². The van der Waals surface area contributed by atoms with Crippen molar-refractivity contribution in [1.82, 2.24) is 4.98 Å². The molecule has 3 aromatic rings. The number of carboxylic acids is 1. The Hall–Kier alpha value is -2.03. The Morgan fingerprint density at radius 2 is 1.89 bits per heavy atom. The lowest BCUT2D eigenvalue weighted by molar-refractivity contribution is -0.130. The summed E-state index contributed by atoms with van der Waals surface area (Å²) in [5.41, 5.74) is 1.49. The number of fused-ring (bicyclic) bond motifs is 1. The second-order valence-electron chi connectivity index (χ2n) is 5.81. The van der Waals surface area contributed by atoms with Crippen molar-refractivity contribution in [2.75, 3.05) is 6.61 Å². The highest BCUT2D eigenvalue weighted by atomic mass is 127. The SMILES string of the molecule is CCOC(=O)c1[nH]c2cc(Cl)cc(Cl)c2c1C=C(C(=O)O)c1ccc(I)cc1. The first-order valence-electron chi connectivity index (χ1n) is 8.20. The minimum absolute atomic E-state index is 0.0221. The van der Waals surface area contributed by atoms with E-state index in [0.717, 1.165) is 3.57 Å². The van der Waals surface area contributed by atoms with Crippen LogP contribution in [0.4, 0.5) is 0 Å². The summed E-state index contributed by atoms with van der Waals surface area (Å²) in [5.74, 6) is -1.74. The van der Waals surface area contributed by atoms with Crippen molar-refractivity contribution in [3.05, 3.63) is 66.8 Å². The number of hydrogen-bond acceptors (Lipinski definition) is 3. The zero-order valence-electron chi connectivity index (χ0n) is 14.6. The number of ether oxygens (including phenoxy) is 1. The topological polar surface area (TPSA) is 79.4 Å². The minimum Gasteiger partial charge on any atom is -0.478 e. The lowest BCUT2D eigenvalue weighted by Crippen LogP contribution is -2.07. The van der Waals surface area contributed by atoms with E-state index in [2.05, 4.69) is 27.6 Å². The number of esters is 1. The molecule has 0 radical (unpaired) electrons. The largest absolute Gasteiger partial charge is 0.478 e. The van der Waals surface area contributed by atoms with Crippen LogP contribution in [0.2, 0.25) is 10.0 Å². The van der Waals surface area contributed by atoms with Gasteiger partial charge in [0.1, 0.15) is 5.69 Å². The molecule has 0 amide bonds. The predicted octanol–water partition coefficient (Wildman–Crippen LogP) is 5.88. The predicted molar refractivity (Wildman–Crippen MR) is 119 cm³/mol. The van der Waals surface area contributed by atoms with E-state index in [1.807, 2.05) is 0 Å². The van der Waals surface area contributed by atoms with Gasteiger partial charge in [-0.15, -0.1) is 0 Å². The molecular weight excluding hydrogens is 516 g/mol.